The summed E-state index contributed by atoms with van der Waals surface area (Å²) in [7, 11) is 0. The number of nitrogens with one attached hydrogen (secondary N) is 2. The van der Waals surface area contributed by atoms with E-state index in [1.807, 2.05) is 24.3 Å². The second-order valence-corrected chi connectivity index (χ2v) is 8.87. The number of aliphatic hydroxyl groups excluding tert-OH is 1. The topological polar surface area (TPSA) is 74.2 Å². The molecule has 0 unspecified atom stereocenters. The molecule has 1 heterocycles. The quantitative estimate of drug-likeness (QED) is 0.242. The molecule has 1 aromatic heterocycles. The summed E-state index contributed by atoms with van der Waals surface area (Å²) >= 11 is 0. The van der Waals surface area contributed by atoms with E-state index in [0.717, 1.165) is 28.8 Å². The molecule has 5 nitrogen and oxygen atoms in total. The summed E-state index contributed by atoms with van der Waals surface area (Å²) in [4.78, 5) is 17.2. The molecule has 0 aliphatic carbocycles. The summed E-state index contributed by atoms with van der Waals surface area (Å²) in [6.45, 7) is 2.81. The van der Waals surface area contributed by atoms with Crippen LogP contribution in [-0.4, -0.2) is 34.7 Å². The standard InChI is InChI=1S/C29H29F2N3O2.2ClH/c1-2-19-4-3-5-20(10-19)16-33-18-28(35)27(13-21-11-25(30)15-26(31)12-21)34-29(36)23-7-6-22-8-9-32-17-24(22)14-23;;/h3-12,14-15,17,27-28,33,35H,2,13,16,18H2,1H3,(H,34,36);2*1H/t27-,28+;;/m0../s1. The molecule has 3 aromatic carbocycles. The van der Waals surface area contributed by atoms with Crippen LogP contribution in [0.2, 0.25) is 0 Å². The minimum absolute atomic E-state index is 0. The number of carbonyl (C=O) groups is 1. The number of hydrogen-bond donors (Lipinski definition) is 3. The van der Waals surface area contributed by atoms with Crippen molar-refractivity contribution in [3.8, 4) is 0 Å². The van der Waals surface area contributed by atoms with Crippen LogP contribution in [0.3, 0.4) is 0 Å². The summed E-state index contributed by atoms with van der Waals surface area (Å²) in [5.74, 6) is -1.81. The maximum absolute atomic E-state index is 13.8. The highest BCUT2D eigenvalue weighted by molar-refractivity contribution is 5.98. The van der Waals surface area contributed by atoms with Crippen molar-refractivity contribution in [3.05, 3.63) is 113 Å². The number of aliphatic hydroxyl groups is 1. The Morgan fingerprint density at radius 3 is 2.39 bits per heavy atom. The average Bonchev–Trinajstić information content (AvgIpc) is 2.87. The number of benzene rings is 3. The smallest absolute Gasteiger partial charge is 0.251 e. The molecule has 4 rings (SSSR count). The van der Waals surface area contributed by atoms with Gasteiger partial charge in [-0.2, -0.15) is 0 Å². The van der Waals surface area contributed by atoms with Crippen LogP contribution in [0.1, 0.15) is 34.0 Å². The summed E-state index contributed by atoms with van der Waals surface area (Å²) in [6.07, 6.45) is 3.34. The molecule has 0 spiro atoms. The van der Waals surface area contributed by atoms with E-state index in [1.54, 1.807) is 24.5 Å². The molecule has 0 bridgehead atoms. The van der Waals surface area contributed by atoms with Gasteiger partial charge < -0.3 is 15.7 Å². The number of hydrogen-bond acceptors (Lipinski definition) is 4. The average molecular weight is 562 g/mol. The van der Waals surface area contributed by atoms with Gasteiger partial charge in [-0.1, -0.05) is 37.3 Å². The van der Waals surface area contributed by atoms with Crippen molar-refractivity contribution < 1.29 is 18.7 Å². The largest absolute Gasteiger partial charge is 0.390 e. The first-order valence-corrected chi connectivity index (χ1v) is 12.0. The van der Waals surface area contributed by atoms with Gasteiger partial charge in [-0.05, 0) is 65.3 Å². The molecule has 0 radical (unpaired) electrons. The van der Waals surface area contributed by atoms with Gasteiger partial charge in [-0.25, -0.2) is 8.78 Å². The van der Waals surface area contributed by atoms with Gasteiger partial charge in [-0.3, -0.25) is 9.78 Å². The van der Waals surface area contributed by atoms with Crippen molar-refractivity contribution in [2.45, 2.75) is 38.5 Å². The molecule has 9 heteroatoms. The van der Waals surface area contributed by atoms with Crippen molar-refractivity contribution >= 4 is 41.5 Å². The van der Waals surface area contributed by atoms with Crippen LogP contribution in [0.5, 0.6) is 0 Å². The molecule has 202 valence electrons. The fourth-order valence-electron chi connectivity index (χ4n) is 4.21. The van der Waals surface area contributed by atoms with Crippen LogP contribution >= 0.6 is 24.8 Å². The summed E-state index contributed by atoms with van der Waals surface area (Å²) in [5, 5.41) is 18.8. The predicted molar refractivity (Wildman–Crippen MR) is 151 cm³/mol. The van der Waals surface area contributed by atoms with E-state index >= 15 is 0 Å². The Hall–Kier alpha value is -3.10. The molecule has 2 atom stereocenters. The highest BCUT2D eigenvalue weighted by atomic mass is 35.5. The fourth-order valence-corrected chi connectivity index (χ4v) is 4.21. The van der Waals surface area contributed by atoms with E-state index in [-0.39, 0.29) is 37.8 Å². The number of halogens is 4. The molecule has 0 saturated heterocycles. The van der Waals surface area contributed by atoms with E-state index < -0.39 is 29.7 Å². The highest BCUT2D eigenvalue weighted by Crippen LogP contribution is 2.16. The minimum atomic E-state index is -1.00. The van der Waals surface area contributed by atoms with Gasteiger partial charge in [-0.15, -0.1) is 24.8 Å². The van der Waals surface area contributed by atoms with Gasteiger partial charge in [0.05, 0.1) is 12.1 Å². The van der Waals surface area contributed by atoms with Crippen molar-refractivity contribution in [1.82, 2.24) is 15.6 Å². The van der Waals surface area contributed by atoms with E-state index in [1.165, 1.54) is 17.7 Å². The van der Waals surface area contributed by atoms with Crippen LogP contribution in [0.4, 0.5) is 8.78 Å². The Morgan fingerprint density at radius 1 is 0.921 bits per heavy atom. The molecule has 3 N–H and O–H groups in total. The van der Waals surface area contributed by atoms with Gasteiger partial charge in [0.2, 0.25) is 0 Å². The lowest BCUT2D eigenvalue weighted by molar-refractivity contribution is 0.0830. The van der Waals surface area contributed by atoms with Gasteiger partial charge in [0.15, 0.2) is 0 Å². The fraction of sp³-hybridized carbons (Fsp3) is 0.241. The number of carbonyl (C=O) groups excluding carboxylic acids is 1. The Kier molecular flexibility index (Phi) is 12.1. The third-order valence-corrected chi connectivity index (χ3v) is 6.14. The van der Waals surface area contributed by atoms with E-state index in [4.69, 9.17) is 0 Å². The lowest BCUT2D eigenvalue weighted by atomic mass is 9.99. The second kappa shape index (κ2) is 14.7. The van der Waals surface area contributed by atoms with E-state index in [0.29, 0.717) is 17.7 Å². The Morgan fingerprint density at radius 2 is 1.66 bits per heavy atom. The predicted octanol–water partition coefficient (Wildman–Crippen LogP) is 5.41. The third kappa shape index (κ3) is 8.46. The van der Waals surface area contributed by atoms with Crippen molar-refractivity contribution in [3.63, 3.8) is 0 Å². The third-order valence-electron chi connectivity index (χ3n) is 6.14. The van der Waals surface area contributed by atoms with Crippen LogP contribution in [0.25, 0.3) is 10.8 Å². The Labute approximate surface area is 233 Å². The van der Waals surface area contributed by atoms with Crippen LogP contribution in [0.15, 0.2) is 79.1 Å². The number of aromatic nitrogens is 1. The Balaban J connectivity index is 0.00000253. The first kappa shape index (κ1) is 31.1. The van der Waals surface area contributed by atoms with E-state index in [9.17, 15) is 18.7 Å². The normalized spacial score (nSPS) is 12.2. The minimum Gasteiger partial charge on any atom is -0.390 e. The first-order valence-electron chi connectivity index (χ1n) is 12.0. The van der Waals surface area contributed by atoms with Crippen LogP contribution in [0, 0.1) is 11.6 Å². The highest BCUT2D eigenvalue weighted by Gasteiger charge is 2.23. The molecule has 0 aliphatic heterocycles. The monoisotopic (exact) mass is 561 g/mol. The molecule has 38 heavy (non-hydrogen) atoms. The number of amides is 1. The van der Waals surface area contributed by atoms with Crippen LogP contribution < -0.4 is 10.6 Å². The van der Waals surface area contributed by atoms with Gasteiger partial charge >= 0.3 is 0 Å². The summed E-state index contributed by atoms with van der Waals surface area (Å²) < 4.78 is 27.6. The van der Waals surface area contributed by atoms with Crippen LogP contribution in [-0.2, 0) is 19.4 Å². The first-order chi connectivity index (χ1) is 17.4. The van der Waals surface area contributed by atoms with Crippen molar-refractivity contribution in [2.75, 3.05) is 6.54 Å². The maximum Gasteiger partial charge on any atom is 0.251 e. The molecule has 0 saturated carbocycles. The summed E-state index contributed by atoms with van der Waals surface area (Å²) in [5.41, 5.74) is 3.05. The number of fused-ring (bicyclic) bond motifs is 1. The van der Waals surface area contributed by atoms with Crippen molar-refractivity contribution in [1.29, 1.82) is 0 Å². The lowest BCUT2D eigenvalue weighted by Gasteiger charge is -2.25. The molecule has 1 amide bonds. The molecular formula is C29H31Cl2F2N3O2. The van der Waals surface area contributed by atoms with E-state index in [2.05, 4.69) is 34.7 Å². The maximum atomic E-state index is 13.8. The number of nitrogens with zero attached hydrogens (tertiary/aromatic N) is 1. The van der Waals surface area contributed by atoms with Gasteiger partial charge in [0.1, 0.15) is 11.6 Å². The molecule has 0 aliphatic rings. The van der Waals surface area contributed by atoms with Crippen molar-refractivity contribution in [2.24, 2.45) is 0 Å². The van der Waals surface area contributed by atoms with Gasteiger partial charge in [0.25, 0.3) is 5.91 Å². The zero-order valence-electron chi connectivity index (χ0n) is 20.9. The number of aryl methyl sites for hydroxylation is 1. The zero-order valence-corrected chi connectivity index (χ0v) is 22.5. The SMILES string of the molecule is CCc1cccc(CNC[C@@H](O)[C@H](Cc2cc(F)cc(F)c2)NC(=O)c2ccc3ccncc3c2)c1.Cl.Cl. The molecular weight excluding hydrogens is 531 g/mol. The number of rotatable bonds is 10. The Bertz CT molecular complexity index is 1340. The molecule has 4 aromatic rings. The number of pyridine rings is 1. The summed E-state index contributed by atoms with van der Waals surface area (Å²) in [6, 6.07) is 17.7. The molecule has 0 fully saturated rings. The lowest BCUT2D eigenvalue weighted by Crippen LogP contribution is -2.48. The zero-order chi connectivity index (χ0) is 25.5. The second-order valence-electron chi connectivity index (χ2n) is 8.87. The van der Waals surface area contributed by atoms with Gasteiger partial charge in [0, 0.05) is 42.5 Å².